The van der Waals surface area contributed by atoms with Gasteiger partial charge in [0, 0.05) is 0 Å². The van der Waals surface area contributed by atoms with Crippen LogP contribution in [-0.4, -0.2) is 19.2 Å². The molecule has 0 atom stereocenters. The molecule has 0 N–H and O–H groups in total. The first-order valence-electron chi connectivity index (χ1n) is 13.1. The Kier molecular flexibility index (Phi) is 11.6. The molecule has 36 heavy (non-hydrogen) atoms. The van der Waals surface area contributed by atoms with E-state index in [1.54, 1.807) is 24.3 Å². The molecular formula is C32H38O4. The van der Waals surface area contributed by atoms with Crippen molar-refractivity contribution in [1.29, 1.82) is 0 Å². The first-order valence-corrected chi connectivity index (χ1v) is 13.1. The highest BCUT2D eigenvalue weighted by molar-refractivity contribution is 5.91. The maximum Gasteiger partial charge on any atom is 0.343 e. The van der Waals surface area contributed by atoms with Crippen LogP contribution in [0.2, 0.25) is 0 Å². The Morgan fingerprint density at radius 3 is 1.72 bits per heavy atom. The highest BCUT2D eigenvalue weighted by Crippen LogP contribution is 2.25. The van der Waals surface area contributed by atoms with Crippen molar-refractivity contribution in [1.82, 2.24) is 0 Å². The van der Waals surface area contributed by atoms with Gasteiger partial charge in [0.1, 0.15) is 17.2 Å². The number of unbranched alkanes of at least 4 members (excludes halogenated alkanes) is 6. The Balaban J connectivity index is 1.45. The van der Waals surface area contributed by atoms with Gasteiger partial charge in [0.25, 0.3) is 0 Å². The molecule has 0 unspecified atom stereocenters. The van der Waals surface area contributed by atoms with Crippen LogP contribution in [-0.2, 0) is 0 Å². The van der Waals surface area contributed by atoms with Crippen LogP contribution in [0.3, 0.4) is 0 Å². The third-order valence-corrected chi connectivity index (χ3v) is 5.93. The van der Waals surface area contributed by atoms with Gasteiger partial charge in [-0.05, 0) is 85.3 Å². The van der Waals surface area contributed by atoms with E-state index in [2.05, 4.69) is 25.6 Å². The van der Waals surface area contributed by atoms with Gasteiger partial charge >= 0.3 is 5.97 Å². The van der Waals surface area contributed by atoms with Crippen molar-refractivity contribution in [2.24, 2.45) is 0 Å². The van der Waals surface area contributed by atoms with E-state index < -0.39 is 5.97 Å². The van der Waals surface area contributed by atoms with E-state index in [0.717, 1.165) is 54.9 Å². The maximum atomic E-state index is 12.5. The minimum Gasteiger partial charge on any atom is -0.494 e. The Hall–Kier alpha value is -3.53. The van der Waals surface area contributed by atoms with Gasteiger partial charge in [-0.2, -0.15) is 0 Å². The summed E-state index contributed by atoms with van der Waals surface area (Å²) in [6.07, 6.45) is 11.1. The van der Waals surface area contributed by atoms with Crippen molar-refractivity contribution in [2.45, 2.75) is 58.3 Å². The van der Waals surface area contributed by atoms with Crippen LogP contribution in [0.15, 0.2) is 85.5 Å². The fourth-order valence-corrected chi connectivity index (χ4v) is 3.79. The first kappa shape index (κ1) is 27.1. The number of allylic oxidation sites excluding steroid dienone is 1. The van der Waals surface area contributed by atoms with E-state index in [4.69, 9.17) is 14.2 Å². The minimum absolute atomic E-state index is 0.392. The molecular weight excluding hydrogens is 448 g/mol. The standard InChI is InChI=1S/C32H38O4/c1-3-5-7-9-11-25-35-29-18-12-26(13-19-29)27-14-22-31(23-15-27)36-32(33)28-16-20-30(21-17-28)34-24-10-8-6-4-2/h4,12-23H,2-3,5-11,24-25H2,1H3. The first-order chi connectivity index (χ1) is 17.7. The third-order valence-electron chi connectivity index (χ3n) is 5.93. The van der Waals surface area contributed by atoms with Crippen molar-refractivity contribution < 1.29 is 19.0 Å². The summed E-state index contributed by atoms with van der Waals surface area (Å²) < 4.78 is 17.1. The third kappa shape index (κ3) is 9.26. The van der Waals surface area contributed by atoms with Gasteiger partial charge in [0.2, 0.25) is 0 Å². The smallest absolute Gasteiger partial charge is 0.343 e. The van der Waals surface area contributed by atoms with Gasteiger partial charge in [0.05, 0.1) is 18.8 Å². The number of rotatable bonds is 16. The lowest BCUT2D eigenvalue weighted by Crippen LogP contribution is -2.08. The fraction of sp³-hybridized carbons (Fsp3) is 0.344. The lowest BCUT2D eigenvalue weighted by Gasteiger charge is -2.09. The molecule has 0 spiro atoms. The second-order valence-electron chi connectivity index (χ2n) is 8.86. The molecule has 3 aromatic carbocycles. The van der Waals surface area contributed by atoms with Crippen LogP contribution in [0.5, 0.6) is 17.2 Å². The lowest BCUT2D eigenvalue weighted by atomic mass is 10.1. The number of hydrogen-bond acceptors (Lipinski definition) is 4. The van der Waals surface area contributed by atoms with E-state index in [9.17, 15) is 4.79 Å². The zero-order chi connectivity index (χ0) is 25.4. The number of esters is 1. The zero-order valence-corrected chi connectivity index (χ0v) is 21.4. The van der Waals surface area contributed by atoms with Crippen LogP contribution in [0, 0.1) is 0 Å². The van der Waals surface area contributed by atoms with Crippen molar-refractivity contribution in [3.8, 4) is 28.4 Å². The van der Waals surface area contributed by atoms with Gasteiger partial charge in [-0.25, -0.2) is 4.79 Å². The number of benzene rings is 3. The molecule has 0 saturated carbocycles. The van der Waals surface area contributed by atoms with Crippen LogP contribution in [0.25, 0.3) is 11.1 Å². The summed E-state index contributed by atoms with van der Waals surface area (Å²) in [5.74, 6) is 1.76. The summed E-state index contributed by atoms with van der Waals surface area (Å²) in [5.41, 5.74) is 2.62. The quantitative estimate of drug-likeness (QED) is 0.0879. The Morgan fingerprint density at radius 1 is 0.667 bits per heavy atom. The summed E-state index contributed by atoms with van der Waals surface area (Å²) in [5, 5.41) is 0. The summed E-state index contributed by atoms with van der Waals surface area (Å²) in [7, 11) is 0. The Morgan fingerprint density at radius 2 is 1.17 bits per heavy atom. The zero-order valence-electron chi connectivity index (χ0n) is 21.4. The van der Waals surface area contributed by atoms with Crippen LogP contribution < -0.4 is 14.2 Å². The molecule has 3 rings (SSSR count). The second kappa shape index (κ2) is 15.5. The van der Waals surface area contributed by atoms with Crippen LogP contribution in [0.1, 0.15) is 68.6 Å². The topological polar surface area (TPSA) is 44.8 Å². The predicted molar refractivity (Wildman–Crippen MR) is 147 cm³/mol. The highest BCUT2D eigenvalue weighted by atomic mass is 16.5. The van der Waals surface area contributed by atoms with Gasteiger partial charge in [0.15, 0.2) is 0 Å². The Bertz CT molecular complexity index is 1040. The molecule has 0 radical (unpaired) electrons. The molecule has 190 valence electrons. The van der Waals surface area contributed by atoms with Gasteiger partial charge in [-0.1, -0.05) is 62.9 Å². The molecule has 0 aromatic heterocycles. The van der Waals surface area contributed by atoms with Crippen molar-refractivity contribution >= 4 is 5.97 Å². The van der Waals surface area contributed by atoms with E-state index in [0.29, 0.717) is 17.9 Å². The summed E-state index contributed by atoms with van der Waals surface area (Å²) >= 11 is 0. The Labute approximate surface area is 215 Å². The van der Waals surface area contributed by atoms with Crippen molar-refractivity contribution in [2.75, 3.05) is 13.2 Å². The molecule has 0 fully saturated rings. The largest absolute Gasteiger partial charge is 0.494 e. The van der Waals surface area contributed by atoms with Crippen LogP contribution in [0.4, 0.5) is 0 Å². The summed E-state index contributed by atoms with van der Waals surface area (Å²) in [4.78, 5) is 12.5. The second-order valence-corrected chi connectivity index (χ2v) is 8.86. The van der Waals surface area contributed by atoms with Crippen molar-refractivity contribution in [3.63, 3.8) is 0 Å². The summed E-state index contributed by atoms with van der Waals surface area (Å²) in [6, 6.07) is 22.7. The molecule has 0 amide bonds. The van der Waals surface area contributed by atoms with E-state index >= 15 is 0 Å². The lowest BCUT2D eigenvalue weighted by molar-refractivity contribution is 0.0734. The molecule has 0 aliphatic rings. The highest BCUT2D eigenvalue weighted by Gasteiger charge is 2.09. The van der Waals surface area contributed by atoms with Gasteiger partial charge < -0.3 is 14.2 Å². The molecule has 0 aliphatic carbocycles. The SMILES string of the molecule is C=CCCCCOc1ccc(C(=O)Oc2ccc(-c3ccc(OCCCCCCC)cc3)cc2)cc1. The molecule has 4 heteroatoms. The minimum atomic E-state index is -0.392. The number of ether oxygens (including phenoxy) is 3. The van der Waals surface area contributed by atoms with Gasteiger partial charge in [-0.15, -0.1) is 6.58 Å². The number of carbonyl (C=O) groups is 1. The molecule has 0 aliphatic heterocycles. The van der Waals surface area contributed by atoms with Crippen LogP contribution >= 0.6 is 0 Å². The monoisotopic (exact) mass is 486 g/mol. The molecule has 0 saturated heterocycles. The normalized spacial score (nSPS) is 10.6. The number of carbonyl (C=O) groups excluding carboxylic acids is 1. The molecule has 4 nitrogen and oxygen atoms in total. The van der Waals surface area contributed by atoms with E-state index in [1.165, 1.54) is 25.7 Å². The predicted octanol–water partition coefficient (Wildman–Crippen LogP) is 8.66. The summed E-state index contributed by atoms with van der Waals surface area (Å²) in [6.45, 7) is 7.36. The van der Waals surface area contributed by atoms with Gasteiger partial charge in [-0.3, -0.25) is 0 Å². The van der Waals surface area contributed by atoms with E-state index in [1.807, 2.05) is 42.5 Å². The fourth-order valence-electron chi connectivity index (χ4n) is 3.79. The van der Waals surface area contributed by atoms with E-state index in [-0.39, 0.29) is 0 Å². The maximum absolute atomic E-state index is 12.5. The molecule has 0 heterocycles. The molecule has 0 bridgehead atoms. The van der Waals surface area contributed by atoms with Crippen molar-refractivity contribution in [3.05, 3.63) is 91.0 Å². The number of hydrogen-bond donors (Lipinski definition) is 0. The average molecular weight is 487 g/mol. The molecule has 3 aromatic rings. The average Bonchev–Trinajstić information content (AvgIpc) is 2.92.